The van der Waals surface area contributed by atoms with Gasteiger partial charge in [-0.1, -0.05) is 33.1 Å². The molecule has 0 radical (unpaired) electrons. The quantitative estimate of drug-likeness (QED) is 0.543. The van der Waals surface area contributed by atoms with Crippen LogP contribution in [0.4, 0.5) is 11.6 Å². The van der Waals surface area contributed by atoms with Gasteiger partial charge in [-0.05, 0) is 24.7 Å². The number of nitrogens with two attached hydrogens (primary N) is 1. The van der Waals surface area contributed by atoms with E-state index >= 15 is 0 Å². The second-order valence-corrected chi connectivity index (χ2v) is 5.49. The molecule has 0 aliphatic heterocycles. The lowest BCUT2D eigenvalue weighted by Crippen LogP contribution is -2.19. The molecule has 1 fully saturated rings. The van der Waals surface area contributed by atoms with E-state index in [2.05, 4.69) is 34.6 Å². The molecule has 2 unspecified atom stereocenters. The van der Waals surface area contributed by atoms with E-state index in [0.29, 0.717) is 0 Å². The van der Waals surface area contributed by atoms with Gasteiger partial charge >= 0.3 is 0 Å². The first-order valence-corrected chi connectivity index (χ1v) is 7.30. The van der Waals surface area contributed by atoms with Gasteiger partial charge in [0.25, 0.3) is 0 Å². The number of nitrogen functional groups attached to an aromatic ring is 1. The molecule has 0 saturated heterocycles. The van der Waals surface area contributed by atoms with Crippen LogP contribution < -0.4 is 16.6 Å². The topological polar surface area (TPSA) is 75.9 Å². The molecular weight excluding hydrogens is 238 g/mol. The standard InChI is InChI=1S/C14H25N5/c1-3-5-12-13(17-9-18-14(12)19-15)16-8-11-7-4-6-10(11)2/h9-11H,3-8,15H2,1-2H3,(H2,16,17,18,19). The summed E-state index contributed by atoms with van der Waals surface area (Å²) in [6.07, 6.45) is 7.58. The molecule has 1 aromatic rings. The first kappa shape index (κ1) is 14.1. The number of anilines is 2. The Kier molecular flexibility index (Phi) is 4.96. The van der Waals surface area contributed by atoms with Gasteiger partial charge in [-0.3, -0.25) is 0 Å². The third-order valence-corrected chi connectivity index (χ3v) is 4.15. The number of rotatable bonds is 6. The van der Waals surface area contributed by atoms with Gasteiger partial charge in [0.2, 0.25) is 0 Å². The van der Waals surface area contributed by atoms with E-state index in [1.165, 1.54) is 19.3 Å². The van der Waals surface area contributed by atoms with Crippen LogP contribution in [0.5, 0.6) is 0 Å². The van der Waals surface area contributed by atoms with Crippen LogP contribution in [0.25, 0.3) is 0 Å². The summed E-state index contributed by atoms with van der Waals surface area (Å²) in [4.78, 5) is 8.56. The van der Waals surface area contributed by atoms with Crippen LogP contribution in [0.2, 0.25) is 0 Å². The number of hydrogen-bond donors (Lipinski definition) is 3. The second-order valence-electron chi connectivity index (χ2n) is 5.49. The lowest BCUT2D eigenvalue weighted by atomic mass is 9.98. The summed E-state index contributed by atoms with van der Waals surface area (Å²) in [7, 11) is 0. The lowest BCUT2D eigenvalue weighted by molar-refractivity contribution is 0.439. The molecule has 2 rings (SSSR count). The highest BCUT2D eigenvalue weighted by Crippen LogP contribution is 2.31. The minimum absolute atomic E-state index is 0.735. The van der Waals surface area contributed by atoms with Crippen LogP contribution in [0.15, 0.2) is 6.33 Å². The molecule has 5 nitrogen and oxygen atoms in total. The monoisotopic (exact) mass is 263 g/mol. The van der Waals surface area contributed by atoms with Crippen molar-refractivity contribution < 1.29 is 0 Å². The fourth-order valence-electron chi connectivity index (χ4n) is 2.93. The minimum atomic E-state index is 0.735. The molecule has 0 spiro atoms. The molecular formula is C14H25N5. The molecule has 1 aliphatic rings. The maximum atomic E-state index is 5.52. The summed E-state index contributed by atoms with van der Waals surface area (Å²) in [5.74, 6) is 8.77. The van der Waals surface area contributed by atoms with Gasteiger partial charge in [0.05, 0.1) is 0 Å². The first-order valence-electron chi connectivity index (χ1n) is 7.30. The first-order chi connectivity index (χ1) is 9.26. The zero-order valence-electron chi connectivity index (χ0n) is 11.9. The van der Waals surface area contributed by atoms with E-state index in [9.17, 15) is 0 Å². The Morgan fingerprint density at radius 2 is 2.11 bits per heavy atom. The van der Waals surface area contributed by atoms with Crippen LogP contribution >= 0.6 is 0 Å². The smallest absolute Gasteiger partial charge is 0.148 e. The molecule has 0 bridgehead atoms. The molecule has 1 heterocycles. The van der Waals surface area contributed by atoms with Crippen molar-refractivity contribution in [1.29, 1.82) is 0 Å². The largest absolute Gasteiger partial charge is 0.369 e. The zero-order valence-corrected chi connectivity index (χ0v) is 11.9. The predicted octanol–water partition coefficient (Wildman–Crippen LogP) is 2.56. The Morgan fingerprint density at radius 1 is 1.32 bits per heavy atom. The fraction of sp³-hybridized carbons (Fsp3) is 0.714. The molecule has 106 valence electrons. The van der Waals surface area contributed by atoms with Crippen LogP contribution in [0.1, 0.15) is 45.1 Å². The molecule has 0 aromatic carbocycles. The third-order valence-electron chi connectivity index (χ3n) is 4.15. The Bertz CT molecular complexity index is 407. The van der Waals surface area contributed by atoms with E-state index in [1.54, 1.807) is 6.33 Å². The zero-order chi connectivity index (χ0) is 13.7. The van der Waals surface area contributed by atoms with Crippen molar-refractivity contribution in [2.45, 2.75) is 46.0 Å². The molecule has 1 aliphatic carbocycles. The van der Waals surface area contributed by atoms with Gasteiger partial charge < -0.3 is 10.7 Å². The molecule has 19 heavy (non-hydrogen) atoms. The second kappa shape index (κ2) is 6.70. The lowest BCUT2D eigenvalue weighted by Gasteiger charge is -2.18. The highest BCUT2D eigenvalue weighted by molar-refractivity contribution is 5.56. The number of hydrogen-bond acceptors (Lipinski definition) is 5. The molecule has 1 aromatic heterocycles. The van der Waals surface area contributed by atoms with E-state index in [1.807, 2.05) is 0 Å². The predicted molar refractivity (Wildman–Crippen MR) is 78.8 cm³/mol. The van der Waals surface area contributed by atoms with Crippen molar-refractivity contribution in [3.63, 3.8) is 0 Å². The summed E-state index contributed by atoms with van der Waals surface area (Å²) >= 11 is 0. The van der Waals surface area contributed by atoms with Gasteiger partial charge in [0, 0.05) is 12.1 Å². The van der Waals surface area contributed by atoms with Gasteiger partial charge in [-0.25, -0.2) is 15.8 Å². The van der Waals surface area contributed by atoms with E-state index in [0.717, 1.165) is 48.4 Å². The van der Waals surface area contributed by atoms with Crippen molar-refractivity contribution >= 4 is 11.6 Å². The summed E-state index contributed by atoms with van der Waals surface area (Å²) in [6, 6.07) is 0. The molecule has 5 heteroatoms. The SMILES string of the molecule is CCCc1c(NN)ncnc1NCC1CCCC1C. The van der Waals surface area contributed by atoms with Crippen LogP contribution in [-0.2, 0) is 6.42 Å². The Hall–Kier alpha value is -1.36. The number of hydrazine groups is 1. The summed E-state index contributed by atoms with van der Waals surface area (Å²) in [5.41, 5.74) is 3.76. The third kappa shape index (κ3) is 3.35. The van der Waals surface area contributed by atoms with Gasteiger partial charge in [0.1, 0.15) is 18.0 Å². The van der Waals surface area contributed by atoms with Crippen LogP contribution in [0.3, 0.4) is 0 Å². The molecule has 2 atom stereocenters. The Balaban J connectivity index is 2.06. The normalized spacial score (nSPS) is 22.5. The van der Waals surface area contributed by atoms with Crippen molar-refractivity contribution in [2.75, 3.05) is 17.3 Å². The van der Waals surface area contributed by atoms with E-state index in [4.69, 9.17) is 5.84 Å². The van der Waals surface area contributed by atoms with Gasteiger partial charge in [-0.15, -0.1) is 0 Å². The van der Waals surface area contributed by atoms with Gasteiger partial charge in [0.15, 0.2) is 0 Å². The summed E-state index contributed by atoms with van der Waals surface area (Å²) in [6.45, 7) is 5.49. The highest BCUT2D eigenvalue weighted by Gasteiger charge is 2.23. The molecule has 1 saturated carbocycles. The maximum absolute atomic E-state index is 5.52. The van der Waals surface area contributed by atoms with Crippen molar-refractivity contribution in [1.82, 2.24) is 9.97 Å². The van der Waals surface area contributed by atoms with E-state index in [-0.39, 0.29) is 0 Å². The molecule has 4 N–H and O–H groups in total. The average molecular weight is 263 g/mol. The minimum Gasteiger partial charge on any atom is -0.369 e. The Morgan fingerprint density at radius 3 is 2.74 bits per heavy atom. The number of aromatic nitrogens is 2. The average Bonchev–Trinajstić information content (AvgIpc) is 2.83. The van der Waals surface area contributed by atoms with Crippen molar-refractivity contribution in [3.8, 4) is 0 Å². The number of nitrogens with zero attached hydrogens (tertiary/aromatic N) is 2. The maximum Gasteiger partial charge on any atom is 0.148 e. The number of nitrogens with one attached hydrogen (secondary N) is 2. The Labute approximate surface area is 115 Å². The van der Waals surface area contributed by atoms with Crippen LogP contribution in [-0.4, -0.2) is 16.5 Å². The van der Waals surface area contributed by atoms with Crippen LogP contribution in [0, 0.1) is 11.8 Å². The molecule has 0 amide bonds. The van der Waals surface area contributed by atoms with Crippen molar-refractivity contribution in [2.24, 2.45) is 17.7 Å². The van der Waals surface area contributed by atoms with E-state index < -0.39 is 0 Å². The van der Waals surface area contributed by atoms with Gasteiger partial charge in [-0.2, -0.15) is 0 Å². The summed E-state index contributed by atoms with van der Waals surface area (Å²) < 4.78 is 0. The summed E-state index contributed by atoms with van der Waals surface area (Å²) in [5, 5.41) is 3.50. The highest BCUT2D eigenvalue weighted by atomic mass is 15.3. The van der Waals surface area contributed by atoms with Crippen molar-refractivity contribution in [3.05, 3.63) is 11.9 Å². The fourth-order valence-corrected chi connectivity index (χ4v) is 2.93.